The maximum Gasteiger partial charge on any atom is 0.305 e. The number of rotatable bonds is 52. The van der Waals surface area contributed by atoms with Crippen molar-refractivity contribution in [2.75, 3.05) is 13.2 Å². The Bertz CT molecular complexity index is 982. The van der Waals surface area contributed by atoms with Crippen LogP contribution in [-0.2, 0) is 14.3 Å². The highest BCUT2D eigenvalue weighted by Gasteiger charge is 2.18. The predicted octanol–water partition coefficient (Wildman–Crippen LogP) is 17.1. The smallest absolute Gasteiger partial charge is 0.305 e. The summed E-state index contributed by atoms with van der Waals surface area (Å²) in [5.41, 5.74) is 0. The minimum absolute atomic E-state index is 0.0184. The van der Waals surface area contributed by atoms with Gasteiger partial charge in [0.15, 0.2) is 0 Å². The fourth-order valence-electron chi connectivity index (χ4n) is 8.63. The summed E-state index contributed by atoms with van der Waals surface area (Å²) < 4.78 is 5.46. The Morgan fingerprint density at radius 3 is 1.13 bits per heavy atom. The van der Waals surface area contributed by atoms with Gasteiger partial charge in [0.05, 0.1) is 25.4 Å². The fourth-order valence-corrected chi connectivity index (χ4v) is 8.63. The number of carbonyl (C=O) groups is 2. The molecule has 0 aromatic heterocycles. The second kappa shape index (κ2) is 53.0. The zero-order valence-corrected chi connectivity index (χ0v) is 42.3. The normalized spacial score (nSPS) is 12.8. The standard InChI is InChI=1S/C57H109NO5/c1-3-5-7-9-11-13-15-17-19-20-21-22-24-25-29-33-37-41-45-49-55(60)54(53-59)58-56(61)50-46-42-38-34-30-27-28-32-36-40-44-48-52-63-57(62)51-47-43-39-35-31-26-23-18-16-14-12-10-8-6-4-2/h18,23,45,49,54-55,59-60H,3-17,19-22,24-44,46-48,50-53H2,1-2H3,(H,58,61)/b23-18-,49-45+. The lowest BCUT2D eigenvalue weighted by molar-refractivity contribution is -0.143. The molecule has 372 valence electrons. The molecule has 0 aliphatic rings. The summed E-state index contributed by atoms with van der Waals surface area (Å²) in [4.78, 5) is 24.5. The lowest BCUT2D eigenvalue weighted by atomic mass is 10.0. The molecule has 63 heavy (non-hydrogen) atoms. The highest BCUT2D eigenvalue weighted by Crippen LogP contribution is 2.16. The van der Waals surface area contributed by atoms with Gasteiger partial charge >= 0.3 is 5.97 Å². The first-order valence-electron chi connectivity index (χ1n) is 28.1. The predicted molar refractivity (Wildman–Crippen MR) is 273 cm³/mol. The molecule has 6 heteroatoms. The average Bonchev–Trinajstić information content (AvgIpc) is 3.28. The van der Waals surface area contributed by atoms with E-state index in [4.69, 9.17) is 4.74 Å². The van der Waals surface area contributed by atoms with Crippen molar-refractivity contribution in [2.45, 2.75) is 315 Å². The SMILES string of the molecule is CCCCCCCC/C=C\CCCCCCCC(=O)OCCCCCCCCCCCCCCC(=O)NC(CO)C(O)/C=C/CCCCCCCCCCCCCCCCCCC. The minimum atomic E-state index is -0.855. The lowest BCUT2D eigenvalue weighted by Crippen LogP contribution is -2.45. The van der Waals surface area contributed by atoms with Gasteiger partial charge in [0.1, 0.15) is 0 Å². The van der Waals surface area contributed by atoms with Crippen LogP contribution in [0.25, 0.3) is 0 Å². The third-order valence-electron chi connectivity index (χ3n) is 13.0. The van der Waals surface area contributed by atoms with Crippen LogP contribution in [0.1, 0.15) is 303 Å². The van der Waals surface area contributed by atoms with Crippen molar-refractivity contribution in [1.29, 1.82) is 0 Å². The summed E-state index contributed by atoms with van der Waals surface area (Å²) in [6, 6.07) is -0.640. The van der Waals surface area contributed by atoms with Crippen molar-refractivity contribution in [2.24, 2.45) is 0 Å². The first-order chi connectivity index (χ1) is 31.0. The molecule has 6 nitrogen and oxygen atoms in total. The second-order valence-electron chi connectivity index (χ2n) is 19.3. The number of carbonyl (C=O) groups excluding carboxylic acids is 2. The van der Waals surface area contributed by atoms with Gasteiger partial charge in [0.25, 0.3) is 0 Å². The average molecular weight is 889 g/mol. The van der Waals surface area contributed by atoms with Crippen molar-refractivity contribution in [1.82, 2.24) is 5.32 Å². The number of allylic oxidation sites excluding steroid dienone is 3. The Labute approximate surface area is 392 Å². The molecule has 2 unspecified atom stereocenters. The van der Waals surface area contributed by atoms with Gasteiger partial charge < -0.3 is 20.3 Å². The van der Waals surface area contributed by atoms with Gasteiger partial charge in [-0.25, -0.2) is 0 Å². The first kappa shape index (κ1) is 61.3. The molecule has 0 radical (unpaired) electrons. The van der Waals surface area contributed by atoms with Gasteiger partial charge in [-0.3, -0.25) is 9.59 Å². The van der Waals surface area contributed by atoms with E-state index in [1.165, 1.54) is 218 Å². The van der Waals surface area contributed by atoms with Gasteiger partial charge in [0.2, 0.25) is 5.91 Å². The van der Waals surface area contributed by atoms with Gasteiger partial charge in [0, 0.05) is 12.8 Å². The number of nitrogens with one attached hydrogen (secondary N) is 1. The highest BCUT2D eigenvalue weighted by molar-refractivity contribution is 5.76. The number of aliphatic hydroxyl groups excluding tert-OH is 2. The molecule has 0 aliphatic carbocycles. The summed E-state index contributed by atoms with van der Waals surface area (Å²) in [6.45, 7) is 4.87. The molecule has 0 aromatic rings. The summed E-state index contributed by atoms with van der Waals surface area (Å²) >= 11 is 0. The molecule has 0 heterocycles. The van der Waals surface area contributed by atoms with Crippen LogP contribution in [0.3, 0.4) is 0 Å². The zero-order valence-electron chi connectivity index (χ0n) is 42.3. The molecule has 2 atom stereocenters. The topological polar surface area (TPSA) is 95.9 Å². The Morgan fingerprint density at radius 2 is 0.746 bits per heavy atom. The molecule has 0 aromatic carbocycles. The van der Waals surface area contributed by atoms with Crippen LogP contribution in [0, 0.1) is 0 Å². The zero-order chi connectivity index (χ0) is 45.8. The number of aliphatic hydroxyl groups is 2. The fraction of sp³-hybridized carbons (Fsp3) is 0.895. The molecule has 0 aliphatic heterocycles. The van der Waals surface area contributed by atoms with E-state index in [2.05, 4.69) is 31.3 Å². The first-order valence-corrected chi connectivity index (χ1v) is 28.1. The van der Waals surface area contributed by atoms with Crippen molar-refractivity contribution in [3.8, 4) is 0 Å². The van der Waals surface area contributed by atoms with Crippen molar-refractivity contribution >= 4 is 11.9 Å². The molecule has 0 spiro atoms. The lowest BCUT2D eigenvalue weighted by Gasteiger charge is -2.20. The molecule has 0 fully saturated rings. The Morgan fingerprint density at radius 1 is 0.429 bits per heavy atom. The van der Waals surface area contributed by atoms with E-state index in [0.717, 1.165) is 57.8 Å². The Kier molecular flexibility index (Phi) is 51.6. The quantitative estimate of drug-likeness (QED) is 0.0321. The van der Waals surface area contributed by atoms with Crippen LogP contribution in [0.5, 0.6) is 0 Å². The third-order valence-corrected chi connectivity index (χ3v) is 13.0. The minimum Gasteiger partial charge on any atom is -0.466 e. The molecule has 3 N–H and O–H groups in total. The van der Waals surface area contributed by atoms with Crippen molar-refractivity contribution in [3.05, 3.63) is 24.3 Å². The van der Waals surface area contributed by atoms with E-state index in [9.17, 15) is 19.8 Å². The van der Waals surface area contributed by atoms with Crippen LogP contribution in [0.4, 0.5) is 0 Å². The molecule has 0 saturated heterocycles. The summed E-state index contributed by atoms with van der Waals surface area (Å²) in [6.07, 6.45) is 63.3. The van der Waals surface area contributed by atoms with Crippen LogP contribution < -0.4 is 5.32 Å². The van der Waals surface area contributed by atoms with E-state index in [0.29, 0.717) is 19.4 Å². The highest BCUT2D eigenvalue weighted by atomic mass is 16.5. The molecule has 1 amide bonds. The number of esters is 1. The van der Waals surface area contributed by atoms with Gasteiger partial charge in [-0.15, -0.1) is 0 Å². The van der Waals surface area contributed by atoms with Crippen LogP contribution in [0.2, 0.25) is 0 Å². The van der Waals surface area contributed by atoms with Gasteiger partial charge in [-0.05, 0) is 57.8 Å². The molecular formula is C57H109NO5. The number of unbranched alkanes of at least 4 members (excludes halogenated alkanes) is 39. The summed E-state index contributed by atoms with van der Waals surface area (Å²) in [5, 5.41) is 23.1. The van der Waals surface area contributed by atoms with E-state index in [-0.39, 0.29) is 18.5 Å². The van der Waals surface area contributed by atoms with Crippen LogP contribution in [-0.4, -0.2) is 47.4 Å². The van der Waals surface area contributed by atoms with E-state index < -0.39 is 12.1 Å². The van der Waals surface area contributed by atoms with E-state index >= 15 is 0 Å². The van der Waals surface area contributed by atoms with Gasteiger partial charge in [-0.2, -0.15) is 0 Å². The molecule has 0 rings (SSSR count). The molecule has 0 bridgehead atoms. The van der Waals surface area contributed by atoms with Crippen molar-refractivity contribution in [3.63, 3.8) is 0 Å². The number of hydrogen-bond acceptors (Lipinski definition) is 5. The summed E-state index contributed by atoms with van der Waals surface area (Å²) in [5.74, 6) is -0.100. The van der Waals surface area contributed by atoms with Gasteiger partial charge in [-0.1, -0.05) is 256 Å². The summed E-state index contributed by atoms with van der Waals surface area (Å²) in [7, 11) is 0. The maximum atomic E-state index is 12.5. The monoisotopic (exact) mass is 888 g/mol. The number of hydrogen-bond donors (Lipinski definition) is 3. The Balaban J connectivity index is 3.50. The largest absolute Gasteiger partial charge is 0.466 e. The number of amides is 1. The third kappa shape index (κ3) is 49.6. The van der Waals surface area contributed by atoms with Crippen LogP contribution >= 0.6 is 0 Å². The van der Waals surface area contributed by atoms with E-state index in [1.54, 1.807) is 6.08 Å². The van der Waals surface area contributed by atoms with Crippen molar-refractivity contribution < 1.29 is 24.5 Å². The molecular weight excluding hydrogens is 779 g/mol. The van der Waals surface area contributed by atoms with Crippen LogP contribution in [0.15, 0.2) is 24.3 Å². The second-order valence-corrected chi connectivity index (χ2v) is 19.3. The molecule has 0 saturated carbocycles. The number of ether oxygens (including phenoxy) is 1. The van der Waals surface area contributed by atoms with E-state index in [1.807, 2.05) is 6.08 Å². The maximum absolute atomic E-state index is 12.5. The Hall–Kier alpha value is -1.66.